The van der Waals surface area contributed by atoms with Crippen LogP contribution in [0.3, 0.4) is 0 Å². The van der Waals surface area contributed by atoms with E-state index in [2.05, 4.69) is 16.3 Å². The van der Waals surface area contributed by atoms with Gasteiger partial charge in [0.05, 0.1) is 12.5 Å². The van der Waals surface area contributed by atoms with E-state index >= 15 is 0 Å². The van der Waals surface area contributed by atoms with Gasteiger partial charge in [0.2, 0.25) is 0 Å². The van der Waals surface area contributed by atoms with Crippen LogP contribution in [-0.2, 0) is 15.9 Å². The third-order valence-electron chi connectivity index (χ3n) is 4.14. The van der Waals surface area contributed by atoms with Gasteiger partial charge in [-0.05, 0) is 36.9 Å². The molecular weight excluding hydrogens is 281 g/mol. The highest BCUT2D eigenvalue weighted by Gasteiger charge is 2.32. The molecule has 6 nitrogen and oxygen atoms in total. The number of hydrogen-bond acceptors (Lipinski definition) is 5. The van der Waals surface area contributed by atoms with Gasteiger partial charge in [0.25, 0.3) is 0 Å². The molecule has 0 spiro atoms. The van der Waals surface area contributed by atoms with Gasteiger partial charge in [-0.2, -0.15) is 0 Å². The first-order valence-corrected chi connectivity index (χ1v) is 7.63. The number of pyridine rings is 1. The third kappa shape index (κ3) is 3.79. The Hall–Kier alpha value is -2.02. The molecule has 3 rings (SSSR count). The summed E-state index contributed by atoms with van der Waals surface area (Å²) >= 11 is 0. The lowest BCUT2D eigenvalue weighted by Crippen LogP contribution is -2.38. The zero-order chi connectivity index (χ0) is 15.5. The van der Waals surface area contributed by atoms with Crippen LogP contribution in [0.15, 0.2) is 30.0 Å². The number of nitrogen functional groups attached to an aromatic ring is 1. The first-order valence-electron chi connectivity index (χ1n) is 7.63. The first kappa shape index (κ1) is 14.9. The van der Waals surface area contributed by atoms with Crippen LogP contribution in [0.25, 0.3) is 0 Å². The molecule has 4 N–H and O–H groups in total. The summed E-state index contributed by atoms with van der Waals surface area (Å²) < 4.78 is 5.95. The molecule has 2 atom stereocenters. The topological polar surface area (TPSA) is 97.5 Å². The number of aliphatic carboxylic acids is 1. The molecular formula is C15H20BN3O3. The van der Waals surface area contributed by atoms with Gasteiger partial charge in [0, 0.05) is 24.4 Å². The summed E-state index contributed by atoms with van der Waals surface area (Å²) in [4.78, 5) is 14.9. The van der Waals surface area contributed by atoms with Crippen molar-refractivity contribution in [3.63, 3.8) is 0 Å². The monoisotopic (exact) mass is 301 g/mol. The van der Waals surface area contributed by atoms with E-state index in [-0.39, 0.29) is 19.4 Å². The predicted molar refractivity (Wildman–Crippen MR) is 84.3 cm³/mol. The van der Waals surface area contributed by atoms with Crippen molar-refractivity contribution in [3.05, 3.63) is 35.6 Å². The second kappa shape index (κ2) is 6.40. The summed E-state index contributed by atoms with van der Waals surface area (Å²) in [6, 6.07) is 4.17. The van der Waals surface area contributed by atoms with Crippen LogP contribution in [-0.4, -0.2) is 35.1 Å². The Labute approximate surface area is 129 Å². The zero-order valence-corrected chi connectivity index (χ0v) is 12.4. The van der Waals surface area contributed by atoms with E-state index in [1.807, 2.05) is 12.1 Å². The van der Waals surface area contributed by atoms with Crippen LogP contribution in [0.2, 0.25) is 6.32 Å². The molecule has 1 saturated heterocycles. The number of fused-ring (bicyclic) bond motifs is 2. The molecule has 1 fully saturated rings. The van der Waals surface area contributed by atoms with Gasteiger partial charge in [0.1, 0.15) is 5.82 Å². The van der Waals surface area contributed by atoms with Crippen molar-refractivity contribution in [1.29, 1.82) is 0 Å². The van der Waals surface area contributed by atoms with Crippen molar-refractivity contribution < 1.29 is 14.6 Å². The van der Waals surface area contributed by atoms with Gasteiger partial charge in [-0.25, -0.2) is 4.98 Å². The number of rotatable bonds is 4. The summed E-state index contributed by atoms with van der Waals surface area (Å²) in [5.41, 5.74) is 7.93. The summed E-state index contributed by atoms with van der Waals surface area (Å²) in [5.74, 6) is 1.79. The lowest BCUT2D eigenvalue weighted by Gasteiger charge is -2.26. The van der Waals surface area contributed by atoms with Gasteiger partial charge < -0.3 is 20.8 Å². The number of aromatic nitrogens is 1. The van der Waals surface area contributed by atoms with Crippen molar-refractivity contribution in [2.45, 2.75) is 44.1 Å². The van der Waals surface area contributed by atoms with Crippen LogP contribution in [0, 0.1) is 0 Å². The minimum absolute atomic E-state index is 0.00714. The smallest absolute Gasteiger partial charge is 0.323 e. The molecule has 2 bridgehead atoms. The number of nitrogens with two attached hydrogens (primary N) is 1. The fourth-order valence-electron chi connectivity index (χ4n) is 3.21. The number of nitrogens with zero attached hydrogens (tertiary/aromatic N) is 1. The van der Waals surface area contributed by atoms with Crippen LogP contribution in [0.5, 0.6) is 0 Å². The van der Waals surface area contributed by atoms with Crippen molar-refractivity contribution in [2.75, 3.05) is 5.73 Å². The third-order valence-corrected chi connectivity index (χ3v) is 4.14. The summed E-state index contributed by atoms with van der Waals surface area (Å²) in [6.45, 7) is -0.00714. The highest BCUT2D eigenvalue weighted by atomic mass is 16.5. The molecule has 0 saturated carbocycles. The Morgan fingerprint density at radius 3 is 3.18 bits per heavy atom. The quantitative estimate of drug-likeness (QED) is 0.724. The van der Waals surface area contributed by atoms with Gasteiger partial charge >= 0.3 is 12.9 Å². The van der Waals surface area contributed by atoms with Gasteiger partial charge in [-0.15, -0.1) is 0 Å². The SMILES string of the molecule is Nc1cc(CC2=CB3CC(CCC(CC(=O)O)O3)N2)ccn1. The number of nitrogens with one attached hydrogen (secondary N) is 1. The molecule has 2 unspecified atom stereocenters. The van der Waals surface area contributed by atoms with Crippen molar-refractivity contribution in [1.82, 2.24) is 10.3 Å². The molecule has 1 aromatic heterocycles. The average molecular weight is 301 g/mol. The lowest BCUT2D eigenvalue weighted by molar-refractivity contribution is -0.138. The number of anilines is 1. The van der Waals surface area contributed by atoms with E-state index < -0.39 is 5.97 Å². The second-order valence-corrected chi connectivity index (χ2v) is 6.01. The molecule has 0 amide bonds. The molecule has 0 aliphatic carbocycles. The van der Waals surface area contributed by atoms with Gasteiger partial charge in [-0.1, -0.05) is 5.98 Å². The second-order valence-electron chi connectivity index (χ2n) is 6.01. The van der Waals surface area contributed by atoms with E-state index in [1.54, 1.807) is 6.20 Å². The minimum atomic E-state index is -0.800. The molecule has 2 aliphatic rings. The van der Waals surface area contributed by atoms with Crippen LogP contribution >= 0.6 is 0 Å². The van der Waals surface area contributed by atoms with Gasteiger partial charge in [-0.3, -0.25) is 4.79 Å². The van der Waals surface area contributed by atoms with Crippen molar-refractivity contribution in [3.8, 4) is 0 Å². The largest absolute Gasteiger partial charge is 0.481 e. The van der Waals surface area contributed by atoms with E-state index in [1.165, 1.54) is 0 Å². The Kier molecular flexibility index (Phi) is 4.33. The van der Waals surface area contributed by atoms with Crippen LogP contribution in [0.4, 0.5) is 5.82 Å². The highest BCUT2D eigenvalue weighted by Crippen LogP contribution is 2.26. The summed E-state index contributed by atoms with van der Waals surface area (Å²) in [7, 11) is 0. The van der Waals surface area contributed by atoms with Crippen molar-refractivity contribution in [2.24, 2.45) is 0 Å². The van der Waals surface area contributed by atoms with E-state index in [9.17, 15) is 4.79 Å². The first-order chi connectivity index (χ1) is 10.6. The number of hydrogen-bond donors (Lipinski definition) is 3. The van der Waals surface area contributed by atoms with E-state index in [4.69, 9.17) is 15.5 Å². The molecule has 0 radical (unpaired) electrons. The Morgan fingerprint density at radius 2 is 2.41 bits per heavy atom. The highest BCUT2D eigenvalue weighted by molar-refractivity contribution is 6.58. The number of allylic oxidation sites excluding steroid dienone is 1. The minimum Gasteiger partial charge on any atom is -0.481 e. The van der Waals surface area contributed by atoms with Crippen LogP contribution < -0.4 is 11.1 Å². The average Bonchev–Trinajstić information content (AvgIpc) is 2.57. The van der Waals surface area contributed by atoms with Gasteiger partial charge in [0.15, 0.2) is 0 Å². The molecule has 116 valence electrons. The molecule has 22 heavy (non-hydrogen) atoms. The molecule has 2 aliphatic heterocycles. The summed E-state index contributed by atoms with van der Waals surface area (Å²) in [6.07, 6.45) is 4.97. The van der Waals surface area contributed by atoms with E-state index in [0.29, 0.717) is 11.9 Å². The molecule has 0 aromatic carbocycles. The maximum absolute atomic E-state index is 10.9. The maximum atomic E-state index is 10.9. The number of carboxylic acids is 1. The molecule has 3 heterocycles. The fraction of sp³-hybridized carbons (Fsp3) is 0.467. The van der Waals surface area contributed by atoms with Crippen LogP contribution in [0.1, 0.15) is 24.8 Å². The Morgan fingerprint density at radius 1 is 1.55 bits per heavy atom. The summed E-state index contributed by atoms with van der Waals surface area (Å²) in [5, 5.41) is 12.5. The van der Waals surface area contributed by atoms with Crippen molar-refractivity contribution >= 4 is 18.7 Å². The standard InChI is InChI=1S/C15H20BN3O3/c17-14-6-10(3-4-18-14)5-12-9-16-8-11(19-12)1-2-13(22-16)7-15(20)21/h3-4,6,9,11,13,19H,1-2,5,7-8H2,(H2,17,18)(H,20,21). The fourth-order valence-corrected chi connectivity index (χ4v) is 3.21. The molecule has 7 heteroatoms. The maximum Gasteiger partial charge on any atom is 0.323 e. The predicted octanol–water partition coefficient (Wildman–Crippen LogP) is 1.25. The number of carboxylic acid groups (broad SMARTS) is 1. The number of carbonyl (C=O) groups is 1. The Bertz CT molecular complexity index is 593. The lowest BCUT2D eigenvalue weighted by atomic mass is 9.59. The Balaban J connectivity index is 1.69. The zero-order valence-electron chi connectivity index (χ0n) is 12.4. The molecule has 1 aromatic rings. The van der Waals surface area contributed by atoms with E-state index in [0.717, 1.165) is 36.8 Å². The normalized spacial score (nSPS) is 24.2.